The zero-order chi connectivity index (χ0) is 13.3. The van der Waals surface area contributed by atoms with E-state index in [1.165, 1.54) is 11.1 Å². The number of nitrogens with zero attached hydrogens (tertiary/aromatic N) is 1. The van der Waals surface area contributed by atoms with Crippen molar-refractivity contribution in [3.8, 4) is 0 Å². The number of likely N-dealkylation sites (N-methyl/N-ethyl adjacent to an activating group) is 1. The highest BCUT2D eigenvalue weighted by atomic mass is 79.9. The maximum Gasteiger partial charge on any atom is 0.244 e. The lowest BCUT2D eigenvalue weighted by atomic mass is 10.1. The van der Waals surface area contributed by atoms with Crippen molar-refractivity contribution in [2.24, 2.45) is 0 Å². The molecule has 1 aliphatic rings. The first-order valence-electron chi connectivity index (χ1n) is 6.36. The number of carbonyl (C=O) groups is 1. The summed E-state index contributed by atoms with van der Waals surface area (Å²) in [6.45, 7) is 7.79. The van der Waals surface area contributed by atoms with Crippen molar-refractivity contribution in [1.82, 2.24) is 5.32 Å². The first-order chi connectivity index (χ1) is 8.54. The average Bonchev–Trinajstić information content (AvgIpc) is 2.68. The minimum Gasteiger partial charge on any atom is -0.311 e. The highest BCUT2D eigenvalue weighted by molar-refractivity contribution is 9.10. The van der Waals surface area contributed by atoms with Crippen LogP contribution in [0.3, 0.4) is 0 Å². The van der Waals surface area contributed by atoms with Gasteiger partial charge in [0.15, 0.2) is 0 Å². The third-order valence-electron chi connectivity index (χ3n) is 3.39. The summed E-state index contributed by atoms with van der Waals surface area (Å²) in [4.78, 5) is 14.1. The highest BCUT2D eigenvalue weighted by Gasteiger charge is 2.31. The second-order valence-electron chi connectivity index (χ2n) is 4.78. The Morgan fingerprint density at radius 2 is 2.00 bits per heavy atom. The maximum atomic E-state index is 12.3. The number of nitrogens with one attached hydrogen (secondary N) is 1. The SMILES string of the molecule is CCNC1CCN(c2cc(C)c(Br)c(C)c2)C1=O. The fourth-order valence-corrected chi connectivity index (χ4v) is 2.68. The summed E-state index contributed by atoms with van der Waals surface area (Å²) in [5.41, 5.74) is 3.35. The summed E-state index contributed by atoms with van der Waals surface area (Å²) in [5, 5.41) is 3.23. The Morgan fingerprint density at radius 1 is 1.39 bits per heavy atom. The van der Waals surface area contributed by atoms with Crippen molar-refractivity contribution in [3.63, 3.8) is 0 Å². The molecule has 4 heteroatoms. The van der Waals surface area contributed by atoms with Crippen LogP contribution in [0.2, 0.25) is 0 Å². The number of rotatable bonds is 3. The zero-order valence-corrected chi connectivity index (χ0v) is 12.7. The van der Waals surface area contributed by atoms with Gasteiger partial charge >= 0.3 is 0 Å². The molecule has 1 fully saturated rings. The molecule has 1 saturated heterocycles. The van der Waals surface area contributed by atoms with E-state index in [4.69, 9.17) is 0 Å². The van der Waals surface area contributed by atoms with E-state index >= 15 is 0 Å². The second-order valence-corrected chi connectivity index (χ2v) is 5.58. The third kappa shape index (κ3) is 2.45. The van der Waals surface area contributed by atoms with Crippen LogP contribution in [0.1, 0.15) is 24.5 Å². The van der Waals surface area contributed by atoms with Gasteiger partial charge in [-0.25, -0.2) is 0 Å². The van der Waals surface area contributed by atoms with Gasteiger partial charge in [-0.15, -0.1) is 0 Å². The predicted octanol–water partition coefficient (Wildman–Crippen LogP) is 2.78. The number of hydrogen-bond donors (Lipinski definition) is 1. The molecule has 1 aliphatic heterocycles. The minimum atomic E-state index is -0.0146. The first-order valence-corrected chi connectivity index (χ1v) is 7.15. The molecular formula is C14H19BrN2O. The van der Waals surface area contributed by atoms with Crippen molar-refractivity contribution in [2.75, 3.05) is 18.0 Å². The number of benzene rings is 1. The highest BCUT2D eigenvalue weighted by Crippen LogP contribution is 2.29. The molecule has 1 atom stereocenters. The van der Waals surface area contributed by atoms with E-state index in [-0.39, 0.29) is 11.9 Å². The summed E-state index contributed by atoms with van der Waals surface area (Å²) in [5.74, 6) is 0.193. The summed E-state index contributed by atoms with van der Waals surface area (Å²) < 4.78 is 1.13. The van der Waals surface area contributed by atoms with Gasteiger partial charge in [-0.2, -0.15) is 0 Å². The molecule has 0 radical (unpaired) electrons. The fraction of sp³-hybridized carbons (Fsp3) is 0.500. The summed E-state index contributed by atoms with van der Waals surface area (Å²) in [6.07, 6.45) is 0.890. The van der Waals surface area contributed by atoms with Crippen LogP contribution >= 0.6 is 15.9 Å². The van der Waals surface area contributed by atoms with Crippen molar-refractivity contribution < 1.29 is 4.79 Å². The monoisotopic (exact) mass is 310 g/mol. The Balaban J connectivity index is 2.26. The molecule has 98 valence electrons. The Hall–Kier alpha value is -0.870. The summed E-state index contributed by atoms with van der Waals surface area (Å²) in [6, 6.07) is 4.13. The van der Waals surface area contributed by atoms with E-state index < -0.39 is 0 Å². The lowest BCUT2D eigenvalue weighted by Crippen LogP contribution is -2.38. The molecule has 2 rings (SSSR count). The second kappa shape index (κ2) is 5.41. The topological polar surface area (TPSA) is 32.3 Å². The van der Waals surface area contributed by atoms with E-state index in [0.717, 1.165) is 29.7 Å². The molecule has 1 amide bonds. The standard InChI is InChI=1S/C14H19BrN2O/c1-4-16-12-5-6-17(14(12)18)11-7-9(2)13(15)10(3)8-11/h7-8,12,16H,4-6H2,1-3H3. The van der Waals surface area contributed by atoms with Crippen molar-refractivity contribution in [1.29, 1.82) is 0 Å². The molecule has 0 spiro atoms. The van der Waals surface area contributed by atoms with Gasteiger partial charge in [-0.3, -0.25) is 4.79 Å². The van der Waals surface area contributed by atoms with Crippen LogP contribution in [0.4, 0.5) is 5.69 Å². The Kier molecular flexibility index (Phi) is 4.07. The van der Waals surface area contributed by atoms with Crippen LogP contribution in [0, 0.1) is 13.8 Å². The smallest absolute Gasteiger partial charge is 0.244 e. The number of aryl methyl sites for hydroxylation is 2. The molecule has 0 aliphatic carbocycles. The number of anilines is 1. The van der Waals surface area contributed by atoms with Crippen molar-refractivity contribution in [3.05, 3.63) is 27.7 Å². The third-order valence-corrected chi connectivity index (χ3v) is 4.64. The molecule has 1 N–H and O–H groups in total. The van der Waals surface area contributed by atoms with Gasteiger partial charge in [0.05, 0.1) is 6.04 Å². The number of hydrogen-bond acceptors (Lipinski definition) is 2. The van der Waals surface area contributed by atoms with Gasteiger partial charge in [0.1, 0.15) is 0 Å². The van der Waals surface area contributed by atoms with Crippen LogP contribution in [-0.2, 0) is 4.79 Å². The van der Waals surface area contributed by atoms with E-state index in [9.17, 15) is 4.79 Å². The lowest BCUT2D eigenvalue weighted by Gasteiger charge is -2.19. The van der Waals surface area contributed by atoms with Crippen LogP contribution in [0.5, 0.6) is 0 Å². The van der Waals surface area contributed by atoms with Crippen LogP contribution in [-0.4, -0.2) is 25.0 Å². The van der Waals surface area contributed by atoms with Gasteiger partial charge in [0, 0.05) is 16.7 Å². The van der Waals surface area contributed by atoms with E-state index in [2.05, 4.69) is 47.2 Å². The molecule has 3 nitrogen and oxygen atoms in total. The van der Waals surface area contributed by atoms with E-state index in [1.807, 2.05) is 11.8 Å². The van der Waals surface area contributed by atoms with Gasteiger partial charge in [-0.05, 0) is 50.1 Å². The minimum absolute atomic E-state index is 0.0146. The molecule has 1 aromatic rings. The predicted molar refractivity (Wildman–Crippen MR) is 78.1 cm³/mol. The molecule has 1 aromatic carbocycles. The first kappa shape index (κ1) is 13.6. The average molecular weight is 311 g/mol. The Morgan fingerprint density at radius 3 is 2.56 bits per heavy atom. The molecule has 1 heterocycles. The van der Waals surface area contributed by atoms with E-state index in [0.29, 0.717) is 0 Å². The van der Waals surface area contributed by atoms with Crippen molar-refractivity contribution in [2.45, 2.75) is 33.2 Å². The molecule has 0 saturated carbocycles. The molecular weight excluding hydrogens is 292 g/mol. The van der Waals surface area contributed by atoms with Gasteiger partial charge in [0.25, 0.3) is 0 Å². The molecule has 0 aromatic heterocycles. The molecule has 18 heavy (non-hydrogen) atoms. The zero-order valence-electron chi connectivity index (χ0n) is 11.1. The Bertz CT molecular complexity index is 450. The largest absolute Gasteiger partial charge is 0.311 e. The van der Waals surface area contributed by atoms with Crippen LogP contribution in [0.25, 0.3) is 0 Å². The quantitative estimate of drug-likeness (QED) is 0.931. The number of amides is 1. The normalized spacial score (nSPS) is 19.7. The van der Waals surface area contributed by atoms with Crippen molar-refractivity contribution >= 4 is 27.5 Å². The van der Waals surface area contributed by atoms with Gasteiger partial charge in [-0.1, -0.05) is 22.9 Å². The summed E-state index contributed by atoms with van der Waals surface area (Å²) in [7, 11) is 0. The molecule has 1 unspecified atom stereocenters. The van der Waals surface area contributed by atoms with Gasteiger partial charge < -0.3 is 10.2 Å². The number of carbonyl (C=O) groups excluding carboxylic acids is 1. The Labute approximate surface area is 117 Å². The fourth-order valence-electron chi connectivity index (χ4n) is 2.45. The van der Waals surface area contributed by atoms with Crippen LogP contribution < -0.4 is 10.2 Å². The summed E-state index contributed by atoms with van der Waals surface area (Å²) >= 11 is 3.56. The number of halogens is 1. The lowest BCUT2D eigenvalue weighted by molar-refractivity contribution is -0.118. The van der Waals surface area contributed by atoms with Crippen LogP contribution in [0.15, 0.2) is 16.6 Å². The van der Waals surface area contributed by atoms with Gasteiger partial charge in [0.2, 0.25) is 5.91 Å². The molecule has 0 bridgehead atoms. The maximum absolute atomic E-state index is 12.3. The van der Waals surface area contributed by atoms with E-state index in [1.54, 1.807) is 0 Å².